The molecule has 1 saturated heterocycles. The van der Waals surface area contributed by atoms with Crippen molar-refractivity contribution >= 4 is 22.9 Å². The summed E-state index contributed by atoms with van der Waals surface area (Å²) in [5, 5.41) is 3.82. The van der Waals surface area contributed by atoms with E-state index in [1.54, 1.807) is 17.9 Å². The van der Waals surface area contributed by atoms with E-state index in [-0.39, 0.29) is 11.9 Å². The number of nitrogens with one attached hydrogen (secondary N) is 1. The first-order chi connectivity index (χ1) is 11.7. The Hall–Kier alpha value is -2.63. The van der Waals surface area contributed by atoms with Crippen molar-refractivity contribution in [3.05, 3.63) is 42.1 Å². The van der Waals surface area contributed by atoms with Gasteiger partial charge in [0.15, 0.2) is 0 Å². The predicted molar refractivity (Wildman–Crippen MR) is 90.8 cm³/mol. The predicted octanol–water partition coefficient (Wildman–Crippen LogP) is 2.59. The molecule has 0 radical (unpaired) electrons. The maximum Gasteiger partial charge on any atom is 0.407 e. The molecular weight excluding hydrogens is 306 g/mol. The Balaban J connectivity index is 1.70. The van der Waals surface area contributed by atoms with Crippen molar-refractivity contribution in [2.75, 3.05) is 19.7 Å². The van der Waals surface area contributed by atoms with Crippen LogP contribution in [0, 0.1) is 0 Å². The number of hydrogen-bond donors (Lipinski definition) is 1. The number of aromatic nitrogens is 1. The van der Waals surface area contributed by atoms with Crippen molar-refractivity contribution in [2.45, 2.75) is 25.8 Å². The van der Waals surface area contributed by atoms with Crippen LogP contribution in [0.5, 0.6) is 0 Å². The van der Waals surface area contributed by atoms with Gasteiger partial charge in [0.2, 0.25) is 0 Å². The minimum Gasteiger partial charge on any atom is -0.450 e. The SMILES string of the molecule is CCOC(=O)N[C@@H]1CCCN(C(=O)c2ccc3ccccc3n2)C1. The van der Waals surface area contributed by atoms with Gasteiger partial charge in [-0.05, 0) is 31.9 Å². The quantitative estimate of drug-likeness (QED) is 0.940. The summed E-state index contributed by atoms with van der Waals surface area (Å²) < 4.78 is 4.91. The minimum atomic E-state index is -0.430. The van der Waals surface area contributed by atoms with Crippen LogP contribution in [0.1, 0.15) is 30.3 Å². The molecule has 0 aliphatic carbocycles. The number of carbonyl (C=O) groups excluding carboxylic acids is 2. The molecule has 24 heavy (non-hydrogen) atoms. The van der Waals surface area contributed by atoms with Crippen molar-refractivity contribution in [2.24, 2.45) is 0 Å². The second kappa shape index (κ2) is 7.29. The van der Waals surface area contributed by atoms with Crippen molar-refractivity contribution in [1.29, 1.82) is 0 Å². The zero-order valence-corrected chi connectivity index (χ0v) is 13.7. The third kappa shape index (κ3) is 3.64. The highest BCUT2D eigenvalue weighted by molar-refractivity contribution is 5.95. The summed E-state index contributed by atoms with van der Waals surface area (Å²) >= 11 is 0. The number of para-hydroxylation sites is 1. The molecule has 0 bridgehead atoms. The Bertz CT molecular complexity index is 747. The summed E-state index contributed by atoms with van der Waals surface area (Å²) in [7, 11) is 0. The minimum absolute atomic E-state index is 0.0813. The number of nitrogens with zero attached hydrogens (tertiary/aromatic N) is 2. The summed E-state index contributed by atoms with van der Waals surface area (Å²) in [4.78, 5) is 30.5. The van der Waals surface area contributed by atoms with Crippen molar-refractivity contribution in [3.63, 3.8) is 0 Å². The molecule has 6 heteroatoms. The molecule has 3 rings (SSSR count). The molecule has 1 aromatic carbocycles. The average Bonchev–Trinajstić information content (AvgIpc) is 2.61. The zero-order chi connectivity index (χ0) is 16.9. The van der Waals surface area contributed by atoms with Crippen LogP contribution in [-0.4, -0.2) is 47.6 Å². The highest BCUT2D eigenvalue weighted by Gasteiger charge is 2.26. The van der Waals surface area contributed by atoms with Gasteiger partial charge in [-0.3, -0.25) is 4.79 Å². The monoisotopic (exact) mass is 327 g/mol. The van der Waals surface area contributed by atoms with E-state index in [1.807, 2.05) is 30.3 Å². The standard InChI is InChI=1S/C18H21N3O3/c1-2-24-18(23)19-14-7-5-11-21(12-14)17(22)16-10-9-13-6-3-4-8-15(13)20-16/h3-4,6,8-10,14H,2,5,7,11-12H2,1H3,(H,19,23)/t14-/m1/s1. The van der Waals surface area contributed by atoms with Gasteiger partial charge in [0.1, 0.15) is 5.69 Å². The first kappa shape index (κ1) is 16.2. The summed E-state index contributed by atoms with van der Waals surface area (Å²) in [6.07, 6.45) is 1.25. The molecule has 0 spiro atoms. The topological polar surface area (TPSA) is 71.5 Å². The number of hydrogen-bond acceptors (Lipinski definition) is 4. The number of likely N-dealkylation sites (tertiary alicyclic amines) is 1. The molecule has 1 atom stereocenters. The summed E-state index contributed by atoms with van der Waals surface area (Å²) in [5.74, 6) is -0.101. The molecule has 1 aromatic heterocycles. The third-order valence-electron chi connectivity index (χ3n) is 4.12. The van der Waals surface area contributed by atoms with Gasteiger partial charge in [-0.15, -0.1) is 0 Å². The van der Waals surface area contributed by atoms with E-state index in [0.29, 0.717) is 25.4 Å². The fourth-order valence-corrected chi connectivity index (χ4v) is 2.97. The lowest BCUT2D eigenvalue weighted by Gasteiger charge is -2.32. The Morgan fingerprint density at radius 1 is 1.29 bits per heavy atom. The molecule has 1 fully saturated rings. The molecule has 6 nitrogen and oxygen atoms in total. The lowest BCUT2D eigenvalue weighted by atomic mass is 10.1. The second-order valence-corrected chi connectivity index (χ2v) is 5.84. The largest absolute Gasteiger partial charge is 0.450 e. The number of pyridine rings is 1. The first-order valence-electron chi connectivity index (χ1n) is 8.25. The van der Waals surface area contributed by atoms with Gasteiger partial charge in [0.05, 0.1) is 12.1 Å². The van der Waals surface area contributed by atoms with E-state index in [0.717, 1.165) is 23.7 Å². The van der Waals surface area contributed by atoms with E-state index in [4.69, 9.17) is 4.74 Å². The van der Waals surface area contributed by atoms with Gasteiger partial charge in [0, 0.05) is 24.5 Å². The zero-order valence-electron chi connectivity index (χ0n) is 13.7. The number of amides is 2. The van der Waals surface area contributed by atoms with E-state index in [9.17, 15) is 9.59 Å². The molecule has 2 amide bonds. The van der Waals surface area contributed by atoms with Gasteiger partial charge in [0.25, 0.3) is 5.91 Å². The first-order valence-corrected chi connectivity index (χ1v) is 8.25. The van der Waals surface area contributed by atoms with E-state index >= 15 is 0 Å². The number of carbonyl (C=O) groups is 2. The normalized spacial score (nSPS) is 17.5. The Morgan fingerprint density at radius 2 is 2.12 bits per heavy atom. The summed E-state index contributed by atoms with van der Waals surface area (Å²) in [6.45, 7) is 3.25. The maximum absolute atomic E-state index is 12.7. The summed E-state index contributed by atoms with van der Waals surface area (Å²) in [5.41, 5.74) is 1.24. The number of benzene rings is 1. The Morgan fingerprint density at radius 3 is 2.96 bits per heavy atom. The molecular formula is C18H21N3O3. The molecule has 2 heterocycles. The van der Waals surface area contributed by atoms with Crippen LogP contribution < -0.4 is 5.32 Å². The van der Waals surface area contributed by atoms with E-state index in [2.05, 4.69) is 10.3 Å². The van der Waals surface area contributed by atoms with Gasteiger partial charge in [-0.1, -0.05) is 24.3 Å². The van der Waals surface area contributed by atoms with Crippen LogP contribution in [0.4, 0.5) is 4.79 Å². The van der Waals surface area contributed by atoms with Gasteiger partial charge < -0.3 is 15.0 Å². The fraction of sp³-hybridized carbons (Fsp3) is 0.389. The van der Waals surface area contributed by atoms with Gasteiger partial charge in [-0.25, -0.2) is 9.78 Å². The molecule has 0 saturated carbocycles. The number of rotatable bonds is 3. The number of ether oxygens (including phenoxy) is 1. The van der Waals surface area contributed by atoms with Crippen LogP contribution >= 0.6 is 0 Å². The van der Waals surface area contributed by atoms with Gasteiger partial charge in [-0.2, -0.15) is 0 Å². The average molecular weight is 327 g/mol. The number of fused-ring (bicyclic) bond motifs is 1. The maximum atomic E-state index is 12.7. The highest BCUT2D eigenvalue weighted by atomic mass is 16.5. The van der Waals surface area contributed by atoms with Crippen molar-refractivity contribution in [3.8, 4) is 0 Å². The van der Waals surface area contributed by atoms with Crippen LogP contribution in [0.25, 0.3) is 10.9 Å². The van der Waals surface area contributed by atoms with E-state index in [1.165, 1.54) is 0 Å². The van der Waals surface area contributed by atoms with Crippen LogP contribution in [0.2, 0.25) is 0 Å². The second-order valence-electron chi connectivity index (χ2n) is 5.84. The molecule has 126 valence electrons. The third-order valence-corrected chi connectivity index (χ3v) is 4.12. The Kier molecular flexibility index (Phi) is 4.93. The van der Waals surface area contributed by atoms with Crippen LogP contribution in [0.15, 0.2) is 36.4 Å². The van der Waals surface area contributed by atoms with E-state index < -0.39 is 6.09 Å². The number of alkyl carbamates (subject to hydrolysis) is 1. The van der Waals surface area contributed by atoms with Crippen molar-refractivity contribution in [1.82, 2.24) is 15.2 Å². The molecule has 2 aromatic rings. The lowest BCUT2D eigenvalue weighted by molar-refractivity contribution is 0.0681. The summed E-state index contributed by atoms with van der Waals surface area (Å²) in [6, 6.07) is 11.3. The van der Waals surface area contributed by atoms with Crippen LogP contribution in [0.3, 0.4) is 0 Å². The molecule has 1 aliphatic heterocycles. The fourth-order valence-electron chi connectivity index (χ4n) is 2.97. The molecule has 1 aliphatic rings. The molecule has 1 N–H and O–H groups in total. The Labute approximate surface area is 140 Å². The smallest absolute Gasteiger partial charge is 0.407 e. The lowest BCUT2D eigenvalue weighted by Crippen LogP contribution is -2.49. The highest BCUT2D eigenvalue weighted by Crippen LogP contribution is 2.16. The van der Waals surface area contributed by atoms with Gasteiger partial charge >= 0.3 is 6.09 Å². The number of piperidine rings is 1. The van der Waals surface area contributed by atoms with Crippen LogP contribution in [-0.2, 0) is 4.74 Å². The van der Waals surface area contributed by atoms with Crippen molar-refractivity contribution < 1.29 is 14.3 Å². The molecule has 0 unspecified atom stereocenters.